The molecule has 1 N–H and O–H groups in total. The minimum atomic E-state index is -0.921. The summed E-state index contributed by atoms with van der Waals surface area (Å²) in [7, 11) is 3.12. The molecule has 0 aromatic heterocycles. The average Bonchev–Trinajstić information content (AvgIpc) is 2.88. The van der Waals surface area contributed by atoms with Gasteiger partial charge in [0.25, 0.3) is 5.91 Å². The van der Waals surface area contributed by atoms with Crippen LogP contribution in [0.1, 0.15) is 23.2 Å². The maximum Gasteiger partial charge on any atom is 0.305 e. The first kappa shape index (κ1) is 16.8. The highest BCUT2D eigenvalue weighted by atomic mass is 79.9. The van der Waals surface area contributed by atoms with Crippen LogP contribution in [0.5, 0.6) is 5.75 Å². The fourth-order valence-corrected chi connectivity index (χ4v) is 3.19. The number of hydrogen-bond acceptors (Lipinski definition) is 4. The minimum Gasteiger partial charge on any atom is -0.496 e. The van der Waals surface area contributed by atoms with E-state index in [1.165, 1.54) is 0 Å². The molecule has 0 saturated carbocycles. The van der Waals surface area contributed by atoms with Gasteiger partial charge in [0, 0.05) is 25.3 Å². The molecular weight excluding hydrogens is 354 g/mol. The standard InChI is InChI=1S/C15H18BrNO5/c1-21-11-6-10(7-14(18)19)17(8-11)15(20)9-3-4-13(22-2)12(16)5-9/h3-5,10-11H,6-8H2,1-2H3,(H,18,19). The summed E-state index contributed by atoms with van der Waals surface area (Å²) in [5.74, 6) is -0.487. The predicted octanol–water partition coefficient (Wildman–Crippen LogP) is 2.16. The van der Waals surface area contributed by atoms with Gasteiger partial charge in [-0.25, -0.2) is 0 Å². The van der Waals surface area contributed by atoms with E-state index in [1.807, 2.05) is 0 Å². The van der Waals surface area contributed by atoms with Crippen molar-refractivity contribution in [2.75, 3.05) is 20.8 Å². The number of carboxylic acid groups (broad SMARTS) is 1. The molecule has 0 spiro atoms. The average molecular weight is 372 g/mol. The third-order valence-electron chi connectivity index (χ3n) is 3.78. The Morgan fingerprint density at radius 1 is 1.41 bits per heavy atom. The van der Waals surface area contributed by atoms with Crippen molar-refractivity contribution in [1.82, 2.24) is 4.90 Å². The zero-order valence-electron chi connectivity index (χ0n) is 12.4. The van der Waals surface area contributed by atoms with E-state index in [0.29, 0.717) is 28.8 Å². The second-order valence-corrected chi connectivity index (χ2v) is 6.01. The quantitative estimate of drug-likeness (QED) is 0.857. The van der Waals surface area contributed by atoms with Gasteiger partial charge in [-0.1, -0.05) is 0 Å². The van der Waals surface area contributed by atoms with E-state index in [0.717, 1.165) is 0 Å². The smallest absolute Gasteiger partial charge is 0.305 e. The summed E-state index contributed by atoms with van der Waals surface area (Å²) in [6, 6.07) is 4.70. The predicted molar refractivity (Wildman–Crippen MR) is 83.2 cm³/mol. The zero-order valence-corrected chi connectivity index (χ0v) is 14.0. The Bertz CT molecular complexity index is 577. The van der Waals surface area contributed by atoms with Crippen LogP contribution in [0.4, 0.5) is 0 Å². The molecule has 1 heterocycles. The molecule has 0 bridgehead atoms. The molecule has 2 atom stereocenters. The van der Waals surface area contributed by atoms with Crippen molar-refractivity contribution >= 4 is 27.8 Å². The van der Waals surface area contributed by atoms with Crippen molar-refractivity contribution in [3.63, 3.8) is 0 Å². The number of carbonyl (C=O) groups excluding carboxylic acids is 1. The number of likely N-dealkylation sites (tertiary alicyclic amines) is 1. The number of amides is 1. The van der Waals surface area contributed by atoms with Crippen LogP contribution in [0.3, 0.4) is 0 Å². The van der Waals surface area contributed by atoms with Gasteiger partial charge in [-0.05, 0) is 40.5 Å². The number of aliphatic carboxylic acids is 1. The lowest BCUT2D eigenvalue weighted by molar-refractivity contribution is -0.137. The Labute approximate surface area is 137 Å². The van der Waals surface area contributed by atoms with Gasteiger partial charge in [0.2, 0.25) is 0 Å². The zero-order chi connectivity index (χ0) is 16.3. The van der Waals surface area contributed by atoms with Crippen LogP contribution in [0.25, 0.3) is 0 Å². The SMILES string of the molecule is COc1ccc(C(=O)N2CC(OC)CC2CC(=O)O)cc1Br. The Kier molecular flexibility index (Phi) is 5.42. The van der Waals surface area contributed by atoms with Crippen molar-refractivity contribution in [3.05, 3.63) is 28.2 Å². The van der Waals surface area contributed by atoms with Crippen LogP contribution in [-0.2, 0) is 9.53 Å². The topological polar surface area (TPSA) is 76.1 Å². The van der Waals surface area contributed by atoms with E-state index >= 15 is 0 Å². The molecule has 1 aromatic rings. The number of hydrogen-bond donors (Lipinski definition) is 1. The van der Waals surface area contributed by atoms with Crippen LogP contribution < -0.4 is 4.74 Å². The molecule has 120 valence electrons. The Balaban J connectivity index is 2.22. The van der Waals surface area contributed by atoms with Gasteiger partial charge >= 0.3 is 5.97 Å². The van der Waals surface area contributed by atoms with Crippen LogP contribution in [0.2, 0.25) is 0 Å². The molecule has 1 aliphatic rings. The highest BCUT2D eigenvalue weighted by Gasteiger charge is 2.37. The third kappa shape index (κ3) is 3.59. The first-order valence-electron chi connectivity index (χ1n) is 6.85. The molecule has 6 nitrogen and oxygen atoms in total. The number of carbonyl (C=O) groups is 2. The van der Waals surface area contributed by atoms with Crippen LogP contribution >= 0.6 is 15.9 Å². The fourth-order valence-electron chi connectivity index (χ4n) is 2.65. The summed E-state index contributed by atoms with van der Waals surface area (Å²) in [4.78, 5) is 25.2. The van der Waals surface area contributed by atoms with Crippen molar-refractivity contribution in [3.8, 4) is 5.75 Å². The fraction of sp³-hybridized carbons (Fsp3) is 0.467. The summed E-state index contributed by atoms with van der Waals surface area (Å²) in [6.45, 7) is 0.400. The molecule has 1 aliphatic heterocycles. The Morgan fingerprint density at radius 3 is 2.68 bits per heavy atom. The van der Waals surface area contributed by atoms with E-state index in [4.69, 9.17) is 14.6 Å². The molecule has 7 heteroatoms. The van der Waals surface area contributed by atoms with Gasteiger partial charge in [-0.3, -0.25) is 9.59 Å². The van der Waals surface area contributed by atoms with Crippen molar-refractivity contribution in [2.24, 2.45) is 0 Å². The lowest BCUT2D eigenvalue weighted by atomic mass is 10.1. The highest BCUT2D eigenvalue weighted by molar-refractivity contribution is 9.10. The monoisotopic (exact) mass is 371 g/mol. The number of methoxy groups -OCH3 is 2. The highest BCUT2D eigenvalue weighted by Crippen LogP contribution is 2.29. The summed E-state index contributed by atoms with van der Waals surface area (Å²) < 4.78 is 11.1. The van der Waals surface area contributed by atoms with Crippen molar-refractivity contribution in [2.45, 2.75) is 25.0 Å². The summed E-state index contributed by atoms with van der Waals surface area (Å²) >= 11 is 3.35. The first-order valence-corrected chi connectivity index (χ1v) is 7.64. The van der Waals surface area contributed by atoms with Gasteiger partial charge in [-0.2, -0.15) is 0 Å². The number of carboxylic acids is 1. The second-order valence-electron chi connectivity index (χ2n) is 5.15. The van der Waals surface area contributed by atoms with E-state index in [-0.39, 0.29) is 24.5 Å². The molecule has 1 aromatic carbocycles. The molecule has 0 aliphatic carbocycles. The number of nitrogens with zero attached hydrogens (tertiary/aromatic N) is 1. The molecule has 0 radical (unpaired) electrons. The van der Waals surface area contributed by atoms with E-state index in [1.54, 1.807) is 37.3 Å². The molecule has 2 rings (SSSR count). The first-order chi connectivity index (χ1) is 10.5. The Morgan fingerprint density at radius 2 is 2.14 bits per heavy atom. The van der Waals surface area contributed by atoms with Gasteiger partial charge in [0.15, 0.2) is 0 Å². The summed E-state index contributed by atoms with van der Waals surface area (Å²) in [5, 5.41) is 9.01. The molecule has 22 heavy (non-hydrogen) atoms. The minimum absolute atomic E-state index is 0.0804. The number of benzene rings is 1. The van der Waals surface area contributed by atoms with Crippen LogP contribution in [-0.4, -0.2) is 54.8 Å². The van der Waals surface area contributed by atoms with Gasteiger partial charge < -0.3 is 19.5 Å². The van der Waals surface area contributed by atoms with Crippen LogP contribution in [0.15, 0.2) is 22.7 Å². The maximum absolute atomic E-state index is 12.7. The molecule has 2 unspecified atom stereocenters. The second kappa shape index (κ2) is 7.11. The number of rotatable bonds is 5. The van der Waals surface area contributed by atoms with Gasteiger partial charge in [-0.15, -0.1) is 0 Å². The van der Waals surface area contributed by atoms with Crippen LogP contribution in [0, 0.1) is 0 Å². The largest absolute Gasteiger partial charge is 0.496 e. The van der Waals surface area contributed by atoms with E-state index in [9.17, 15) is 9.59 Å². The van der Waals surface area contributed by atoms with Crippen molar-refractivity contribution < 1.29 is 24.2 Å². The maximum atomic E-state index is 12.7. The Hall–Kier alpha value is -1.60. The number of halogens is 1. The lowest BCUT2D eigenvalue weighted by Crippen LogP contribution is -2.37. The van der Waals surface area contributed by atoms with Gasteiger partial charge in [0.1, 0.15) is 5.75 Å². The number of ether oxygens (including phenoxy) is 2. The van der Waals surface area contributed by atoms with Crippen molar-refractivity contribution in [1.29, 1.82) is 0 Å². The molecule has 1 fully saturated rings. The van der Waals surface area contributed by atoms with E-state index < -0.39 is 5.97 Å². The summed E-state index contributed by atoms with van der Waals surface area (Å²) in [6.07, 6.45) is 0.324. The lowest BCUT2D eigenvalue weighted by Gasteiger charge is -2.23. The third-order valence-corrected chi connectivity index (χ3v) is 4.40. The molecule has 1 saturated heterocycles. The van der Waals surface area contributed by atoms with Gasteiger partial charge in [0.05, 0.1) is 24.1 Å². The molecular formula is C15H18BrNO5. The molecule has 1 amide bonds. The van der Waals surface area contributed by atoms with E-state index in [2.05, 4.69) is 15.9 Å². The normalized spacial score (nSPS) is 21.0. The summed E-state index contributed by atoms with van der Waals surface area (Å²) in [5.41, 5.74) is 0.486.